The largest absolute Gasteiger partial charge is 0.279 e. The summed E-state index contributed by atoms with van der Waals surface area (Å²) >= 11 is 9.50. The van der Waals surface area contributed by atoms with Crippen LogP contribution in [-0.2, 0) is 5.88 Å². The molecule has 0 amide bonds. The summed E-state index contributed by atoms with van der Waals surface area (Å²) in [5.74, 6) is 1.16. The minimum Gasteiger partial charge on any atom is -0.279 e. The van der Waals surface area contributed by atoms with E-state index in [9.17, 15) is 0 Å². The molecule has 3 rings (SSSR count). The minimum atomic E-state index is 0.353. The van der Waals surface area contributed by atoms with Gasteiger partial charge in [-0.2, -0.15) is 0 Å². The number of hydrogen-bond donors (Lipinski definition) is 0. The Labute approximate surface area is 124 Å². The van der Waals surface area contributed by atoms with Gasteiger partial charge in [-0.15, -0.1) is 11.6 Å². The standard InChI is InChI=1S/C14H11BrClN3/c1-9-7-10(15)4-5-12(9)19-13(8-16)18-11-3-2-6-17-14(11)19/h2-7H,8H2,1H3. The highest BCUT2D eigenvalue weighted by molar-refractivity contribution is 9.10. The summed E-state index contributed by atoms with van der Waals surface area (Å²) in [5, 5.41) is 0. The fourth-order valence-electron chi connectivity index (χ4n) is 2.17. The maximum Gasteiger partial charge on any atom is 0.164 e. The van der Waals surface area contributed by atoms with Crippen molar-refractivity contribution in [3.05, 3.63) is 52.4 Å². The van der Waals surface area contributed by atoms with Crippen LogP contribution in [0.4, 0.5) is 0 Å². The summed E-state index contributed by atoms with van der Waals surface area (Å²) in [4.78, 5) is 8.95. The molecule has 0 N–H and O–H groups in total. The number of aryl methyl sites for hydroxylation is 1. The van der Waals surface area contributed by atoms with Gasteiger partial charge in [0.2, 0.25) is 0 Å². The Bertz CT molecular complexity index is 752. The molecule has 0 unspecified atom stereocenters. The van der Waals surface area contributed by atoms with Crippen molar-refractivity contribution in [2.45, 2.75) is 12.8 Å². The molecular weight excluding hydrogens is 326 g/mol. The molecule has 0 fully saturated rings. The van der Waals surface area contributed by atoms with Crippen LogP contribution in [-0.4, -0.2) is 14.5 Å². The molecule has 3 nitrogen and oxygen atoms in total. The molecule has 0 aliphatic heterocycles. The predicted molar refractivity (Wildman–Crippen MR) is 80.9 cm³/mol. The molecule has 0 atom stereocenters. The van der Waals surface area contributed by atoms with Crippen LogP contribution in [0.15, 0.2) is 41.0 Å². The first-order chi connectivity index (χ1) is 9.20. The highest BCUT2D eigenvalue weighted by Gasteiger charge is 2.13. The topological polar surface area (TPSA) is 30.7 Å². The third-order valence-corrected chi connectivity index (χ3v) is 3.74. The second-order valence-electron chi connectivity index (χ2n) is 4.27. The Hall–Kier alpha value is -1.39. The zero-order valence-electron chi connectivity index (χ0n) is 10.3. The van der Waals surface area contributed by atoms with Crippen molar-refractivity contribution < 1.29 is 0 Å². The quantitative estimate of drug-likeness (QED) is 0.656. The molecule has 0 radical (unpaired) electrons. The van der Waals surface area contributed by atoms with E-state index in [4.69, 9.17) is 11.6 Å². The lowest BCUT2D eigenvalue weighted by Crippen LogP contribution is -2.02. The summed E-state index contributed by atoms with van der Waals surface area (Å²) in [5.41, 5.74) is 3.90. The molecule has 0 aliphatic rings. The minimum absolute atomic E-state index is 0.353. The molecule has 3 aromatic rings. The van der Waals surface area contributed by atoms with E-state index < -0.39 is 0 Å². The number of benzene rings is 1. The van der Waals surface area contributed by atoms with E-state index in [0.29, 0.717) is 5.88 Å². The van der Waals surface area contributed by atoms with Gasteiger partial charge in [0.05, 0.1) is 11.6 Å². The number of fused-ring (bicyclic) bond motifs is 1. The fraction of sp³-hybridized carbons (Fsp3) is 0.143. The fourth-order valence-corrected chi connectivity index (χ4v) is 2.83. The van der Waals surface area contributed by atoms with Crippen molar-refractivity contribution in [1.29, 1.82) is 0 Å². The van der Waals surface area contributed by atoms with Gasteiger partial charge in [-0.1, -0.05) is 15.9 Å². The zero-order valence-corrected chi connectivity index (χ0v) is 12.6. The van der Waals surface area contributed by atoms with Crippen LogP contribution in [0.3, 0.4) is 0 Å². The van der Waals surface area contributed by atoms with Crippen LogP contribution in [0, 0.1) is 6.92 Å². The van der Waals surface area contributed by atoms with Crippen LogP contribution in [0.5, 0.6) is 0 Å². The van der Waals surface area contributed by atoms with Crippen LogP contribution in [0.2, 0.25) is 0 Å². The van der Waals surface area contributed by atoms with E-state index >= 15 is 0 Å². The van der Waals surface area contributed by atoms with Crippen LogP contribution >= 0.6 is 27.5 Å². The van der Waals surface area contributed by atoms with Gasteiger partial charge in [0, 0.05) is 10.7 Å². The number of pyridine rings is 1. The summed E-state index contributed by atoms with van der Waals surface area (Å²) in [6, 6.07) is 9.96. The van der Waals surface area contributed by atoms with Gasteiger partial charge in [-0.05, 0) is 42.8 Å². The number of nitrogens with zero attached hydrogens (tertiary/aromatic N) is 3. The third-order valence-electron chi connectivity index (χ3n) is 3.00. The third kappa shape index (κ3) is 2.15. The van der Waals surface area contributed by atoms with Gasteiger partial charge in [-0.3, -0.25) is 4.57 Å². The van der Waals surface area contributed by atoms with Crippen molar-refractivity contribution in [1.82, 2.24) is 14.5 Å². The monoisotopic (exact) mass is 335 g/mol. The number of hydrogen-bond acceptors (Lipinski definition) is 2. The van der Waals surface area contributed by atoms with Gasteiger partial charge in [-0.25, -0.2) is 9.97 Å². The lowest BCUT2D eigenvalue weighted by atomic mass is 10.2. The first kappa shape index (κ1) is 12.6. The summed E-state index contributed by atoms with van der Waals surface area (Å²) in [6.07, 6.45) is 1.77. The lowest BCUT2D eigenvalue weighted by Gasteiger charge is -2.10. The SMILES string of the molecule is Cc1cc(Br)ccc1-n1c(CCl)nc2cccnc21. The van der Waals surface area contributed by atoms with Gasteiger partial charge >= 0.3 is 0 Å². The Morgan fingerprint density at radius 1 is 1.32 bits per heavy atom. The lowest BCUT2D eigenvalue weighted by molar-refractivity contribution is 0.960. The molecule has 2 aromatic heterocycles. The first-order valence-corrected chi connectivity index (χ1v) is 7.18. The Morgan fingerprint density at radius 2 is 2.16 bits per heavy atom. The average Bonchev–Trinajstić information content (AvgIpc) is 2.77. The molecule has 5 heteroatoms. The number of aromatic nitrogens is 3. The summed E-state index contributed by atoms with van der Waals surface area (Å²) in [7, 11) is 0. The molecular formula is C14H11BrClN3. The van der Waals surface area contributed by atoms with E-state index in [1.165, 1.54) is 0 Å². The van der Waals surface area contributed by atoms with Crippen LogP contribution in [0.25, 0.3) is 16.9 Å². The Morgan fingerprint density at radius 3 is 2.89 bits per heavy atom. The highest BCUT2D eigenvalue weighted by Crippen LogP contribution is 2.25. The van der Waals surface area contributed by atoms with Crippen molar-refractivity contribution in [3.63, 3.8) is 0 Å². The number of halogens is 2. The molecule has 0 saturated heterocycles. The number of rotatable bonds is 2. The molecule has 1 aromatic carbocycles. The molecule has 19 heavy (non-hydrogen) atoms. The molecule has 2 heterocycles. The summed E-state index contributed by atoms with van der Waals surface area (Å²) in [6.45, 7) is 2.06. The van der Waals surface area contributed by atoms with E-state index in [2.05, 4.69) is 38.9 Å². The van der Waals surface area contributed by atoms with Crippen LogP contribution < -0.4 is 0 Å². The predicted octanol–water partition coefficient (Wildman–Crippen LogP) is 4.23. The molecule has 0 aliphatic carbocycles. The maximum atomic E-state index is 6.02. The molecule has 0 bridgehead atoms. The van der Waals surface area contributed by atoms with Crippen LogP contribution in [0.1, 0.15) is 11.4 Å². The van der Waals surface area contributed by atoms with Gasteiger partial charge in [0.15, 0.2) is 5.65 Å². The number of alkyl halides is 1. The van der Waals surface area contributed by atoms with E-state index in [0.717, 1.165) is 32.7 Å². The van der Waals surface area contributed by atoms with Gasteiger partial charge < -0.3 is 0 Å². The van der Waals surface area contributed by atoms with Crippen molar-refractivity contribution in [2.75, 3.05) is 0 Å². The second kappa shape index (κ2) is 4.94. The van der Waals surface area contributed by atoms with E-state index in [-0.39, 0.29) is 0 Å². The van der Waals surface area contributed by atoms with Gasteiger partial charge in [0.1, 0.15) is 11.3 Å². The van der Waals surface area contributed by atoms with Crippen molar-refractivity contribution in [3.8, 4) is 5.69 Å². The maximum absolute atomic E-state index is 6.02. The molecule has 0 saturated carbocycles. The van der Waals surface area contributed by atoms with Gasteiger partial charge in [0.25, 0.3) is 0 Å². The van der Waals surface area contributed by atoms with E-state index in [1.807, 2.05) is 28.8 Å². The van der Waals surface area contributed by atoms with Crippen molar-refractivity contribution >= 4 is 38.7 Å². The molecule has 0 spiro atoms. The second-order valence-corrected chi connectivity index (χ2v) is 5.46. The highest BCUT2D eigenvalue weighted by atomic mass is 79.9. The Kier molecular flexibility index (Phi) is 3.29. The normalized spacial score (nSPS) is 11.1. The Balaban J connectivity index is 2.34. The summed E-state index contributed by atoms with van der Waals surface area (Å²) < 4.78 is 3.07. The average molecular weight is 337 g/mol. The molecule has 96 valence electrons. The first-order valence-electron chi connectivity index (χ1n) is 5.85. The smallest absolute Gasteiger partial charge is 0.164 e. The van der Waals surface area contributed by atoms with Crippen molar-refractivity contribution in [2.24, 2.45) is 0 Å². The zero-order chi connectivity index (χ0) is 13.4. The number of imidazole rings is 1. The van der Waals surface area contributed by atoms with E-state index in [1.54, 1.807) is 6.20 Å².